The van der Waals surface area contributed by atoms with Crippen molar-refractivity contribution in [3.63, 3.8) is 0 Å². The molecular formula is C27H42O3. The molecule has 3 heteroatoms. The SMILES string of the molecule is CC(C)[C@H](C)/C=C/C[C@H]1CC[C@@H]2[C@]1(C)CC[C@H]1[C@]23C=C[C@]2(C[C@@H](O)CC[C@]12C)OO3. The zero-order valence-corrected chi connectivity index (χ0v) is 19.7. The predicted molar refractivity (Wildman–Crippen MR) is 120 cm³/mol. The molecule has 4 aliphatic carbocycles. The molecule has 6 rings (SSSR count). The predicted octanol–water partition coefficient (Wildman–Crippen LogP) is 6.23. The maximum Gasteiger partial charge on any atom is 0.130 e. The molecule has 0 aromatic rings. The summed E-state index contributed by atoms with van der Waals surface area (Å²) >= 11 is 0. The second-order valence-electron chi connectivity index (χ2n) is 12.2. The molecule has 0 amide bonds. The molecule has 2 heterocycles. The van der Waals surface area contributed by atoms with Crippen LogP contribution in [-0.4, -0.2) is 22.4 Å². The van der Waals surface area contributed by atoms with Gasteiger partial charge in [-0.05, 0) is 74.2 Å². The van der Waals surface area contributed by atoms with E-state index in [2.05, 4.69) is 58.9 Å². The minimum Gasteiger partial charge on any atom is -0.393 e. The molecule has 3 nitrogen and oxygen atoms in total. The van der Waals surface area contributed by atoms with Crippen molar-refractivity contribution in [1.29, 1.82) is 0 Å². The van der Waals surface area contributed by atoms with E-state index in [1.165, 1.54) is 32.1 Å². The van der Waals surface area contributed by atoms with E-state index < -0.39 is 5.60 Å². The summed E-state index contributed by atoms with van der Waals surface area (Å²) in [5.41, 5.74) is -0.309. The molecule has 0 aromatic heterocycles. The van der Waals surface area contributed by atoms with Crippen LogP contribution in [0.5, 0.6) is 0 Å². The summed E-state index contributed by atoms with van der Waals surface area (Å²) < 4.78 is 0. The van der Waals surface area contributed by atoms with Crippen molar-refractivity contribution in [3.05, 3.63) is 24.3 Å². The topological polar surface area (TPSA) is 38.7 Å². The van der Waals surface area contributed by atoms with Crippen molar-refractivity contribution in [2.75, 3.05) is 0 Å². The average molecular weight is 415 g/mol. The van der Waals surface area contributed by atoms with Crippen molar-refractivity contribution in [1.82, 2.24) is 0 Å². The molecule has 30 heavy (non-hydrogen) atoms. The maximum atomic E-state index is 10.4. The summed E-state index contributed by atoms with van der Waals surface area (Å²) in [6.07, 6.45) is 18.2. The first-order chi connectivity index (χ1) is 14.2. The van der Waals surface area contributed by atoms with Crippen LogP contribution in [0.1, 0.15) is 86.0 Å². The van der Waals surface area contributed by atoms with Gasteiger partial charge in [-0.3, -0.25) is 0 Å². The molecule has 2 spiro atoms. The fourth-order valence-electron chi connectivity index (χ4n) is 8.27. The van der Waals surface area contributed by atoms with Gasteiger partial charge in [0.05, 0.1) is 6.10 Å². The van der Waals surface area contributed by atoms with Crippen LogP contribution in [0.4, 0.5) is 0 Å². The standard InChI is InChI=1S/C27H42O3/c1-18(2)19(3)7-6-8-20-9-10-22-24(20,4)13-12-23-25(5)14-11-21(28)17-26(25)15-16-27(22,23)30-29-26/h6-7,15-16,18-23,28H,8-14,17H2,1-5H3/b7-6+/t19-,20+,21+,22-,23-,24-,25-,26-,27+/m1/s1. The third-order valence-electron chi connectivity index (χ3n) is 10.7. The van der Waals surface area contributed by atoms with E-state index in [1.54, 1.807) is 0 Å². The molecule has 168 valence electrons. The number of hydrogen-bond donors (Lipinski definition) is 1. The Morgan fingerprint density at radius 1 is 1.00 bits per heavy atom. The Balaban J connectivity index is 1.42. The van der Waals surface area contributed by atoms with Crippen molar-refractivity contribution in [2.24, 2.45) is 40.4 Å². The number of aliphatic hydroxyl groups is 1. The van der Waals surface area contributed by atoms with Gasteiger partial charge in [0.2, 0.25) is 0 Å². The van der Waals surface area contributed by atoms with E-state index in [-0.39, 0.29) is 17.1 Å². The first-order valence-electron chi connectivity index (χ1n) is 12.6. The van der Waals surface area contributed by atoms with Gasteiger partial charge in [-0.2, -0.15) is 0 Å². The molecule has 1 saturated heterocycles. The summed E-state index contributed by atoms with van der Waals surface area (Å²) in [7, 11) is 0. The average Bonchev–Trinajstić information content (AvgIpc) is 3.05. The van der Waals surface area contributed by atoms with Gasteiger partial charge in [-0.25, -0.2) is 9.78 Å². The highest BCUT2D eigenvalue weighted by Crippen LogP contribution is 2.72. The zero-order valence-electron chi connectivity index (χ0n) is 19.7. The molecule has 0 aromatic carbocycles. The normalized spacial score (nSPS) is 53.0. The van der Waals surface area contributed by atoms with E-state index in [9.17, 15) is 5.11 Å². The van der Waals surface area contributed by atoms with Crippen LogP contribution in [0, 0.1) is 40.4 Å². The molecule has 0 radical (unpaired) electrons. The molecule has 9 atom stereocenters. The fourth-order valence-corrected chi connectivity index (χ4v) is 8.27. The van der Waals surface area contributed by atoms with E-state index in [1.807, 2.05) is 0 Å². The summed E-state index contributed by atoms with van der Waals surface area (Å²) in [5.74, 6) is 3.13. The lowest BCUT2D eigenvalue weighted by Crippen LogP contribution is -2.73. The molecule has 1 N–H and O–H groups in total. The van der Waals surface area contributed by atoms with Crippen molar-refractivity contribution < 1.29 is 14.9 Å². The lowest BCUT2D eigenvalue weighted by Gasteiger charge is -2.69. The molecule has 6 aliphatic rings. The highest BCUT2D eigenvalue weighted by molar-refractivity contribution is 5.33. The Labute approximate surface area is 183 Å². The third-order valence-corrected chi connectivity index (χ3v) is 10.7. The number of fused-ring (bicyclic) bond motifs is 2. The van der Waals surface area contributed by atoms with Crippen molar-refractivity contribution in [2.45, 2.75) is 103 Å². The van der Waals surface area contributed by atoms with E-state index >= 15 is 0 Å². The monoisotopic (exact) mass is 414 g/mol. The van der Waals surface area contributed by atoms with Gasteiger partial charge in [0, 0.05) is 23.7 Å². The first-order valence-corrected chi connectivity index (χ1v) is 12.6. The lowest BCUT2D eigenvalue weighted by atomic mass is 9.43. The second kappa shape index (κ2) is 6.93. The molecule has 3 saturated carbocycles. The Morgan fingerprint density at radius 2 is 1.80 bits per heavy atom. The van der Waals surface area contributed by atoms with E-state index in [4.69, 9.17) is 9.78 Å². The van der Waals surface area contributed by atoms with Gasteiger partial charge in [0.1, 0.15) is 11.2 Å². The third kappa shape index (κ3) is 2.67. The maximum absolute atomic E-state index is 10.4. The van der Waals surface area contributed by atoms with Crippen LogP contribution in [0.25, 0.3) is 0 Å². The van der Waals surface area contributed by atoms with Gasteiger partial charge in [-0.15, -0.1) is 0 Å². The smallest absolute Gasteiger partial charge is 0.130 e. The number of hydrogen-bond acceptors (Lipinski definition) is 3. The lowest BCUT2D eigenvalue weighted by molar-refractivity contribution is -0.497. The van der Waals surface area contributed by atoms with Crippen LogP contribution in [0.15, 0.2) is 24.3 Å². The molecule has 2 bridgehead atoms. The Morgan fingerprint density at radius 3 is 2.50 bits per heavy atom. The quantitative estimate of drug-likeness (QED) is 0.438. The second-order valence-corrected chi connectivity index (χ2v) is 12.2. The highest BCUT2D eigenvalue weighted by atomic mass is 17.2. The Hall–Kier alpha value is -0.640. The van der Waals surface area contributed by atoms with Crippen LogP contribution in [-0.2, 0) is 9.78 Å². The van der Waals surface area contributed by atoms with E-state index in [0.717, 1.165) is 18.8 Å². The van der Waals surface area contributed by atoms with Crippen molar-refractivity contribution in [3.8, 4) is 0 Å². The zero-order chi connectivity index (χ0) is 21.4. The van der Waals surface area contributed by atoms with Gasteiger partial charge in [-0.1, -0.05) is 52.8 Å². The van der Waals surface area contributed by atoms with Crippen molar-refractivity contribution >= 4 is 0 Å². The van der Waals surface area contributed by atoms with Crippen LogP contribution < -0.4 is 0 Å². The Kier molecular flexibility index (Phi) is 4.90. The molecule has 4 fully saturated rings. The number of rotatable bonds is 4. The summed E-state index contributed by atoms with van der Waals surface area (Å²) in [6, 6.07) is 0. The van der Waals surface area contributed by atoms with Gasteiger partial charge < -0.3 is 5.11 Å². The fraction of sp³-hybridized carbons (Fsp3) is 0.852. The summed E-state index contributed by atoms with van der Waals surface area (Å²) in [5, 5.41) is 10.4. The summed E-state index contributed by atoms with van der Waals surface area (Å²) in [4.78, 5) is 12.7. The Bertz CT molecular complexity index is 742. The number of aliphatic hydroxyl groups excluding tert-OH is 1. The molecule has 2 aliphatic heterocycles. The number of allylic oxidation sites excluding steroid dienone is 2. The molecule has 0 unspecified atom stereocenters. The highest BCUT2D eigenvalue weighted by Gasteiger charge is 2.74. The summed E-state index contributed by atoms with van der Waals surface area (Å²) in [6.45, 7) is 11.9. The molecular weight excluding hydrogens is 372 g/mol. The first kappa shape index (κ1) is 21.2. The van der Waals surface area contributed by atoms with E-state index in [0.29, 0.717) is 35.5 Å². The van der Waals surface area contributed by atoms with Gasteiger partial charge in [0.25, 0.3) is 0 Å². The van der Waals surface area contributed by atoms with Gasteiger partial charge >= 0.3 is 0 Å². The van der Waals surface area contributed by atoms with Crippen LogP contribution in [0.3, 0.4) is 0 Å². The largest absolute Gasteiger partial charge is 0.393 e. The van der Waals surface area contributed by atoms with Gasteiger partial charge in [0.15, 0.2) is 0 Å². The van der Waals surface area contributed by atoms with Crippen LogP contribution in [0.2, 0.25) is 0 Å². The minimum absolute atomic E-state index is 0.0746. The van der Waals surface area contributed by atoms with Crippen LogP contribution >= 0.6 is 0 Å². The minimum atomic E-state index is -0.432.